The Kier molecular flexibility index (Phi) is 20.2. The molecule has 0 heterocycles. The van der Waals surface area contributed by atoms with Gasteiger partial charge in [0.25, 0.3) is 0 Å². The van der Waals surface area contributed by atoms with Gasteiger partial charge < -0.3 is 0 Å². The van der Waals surface area contributed by atoms with Crippen LogP contribution in [0.3, 0.4) is 0 Å². The third-order valence-electron chi connectivity index (χ3n) is 2.65. The van der Waals surface area contributed by atoms with E-state index in [-0.39, 0.29) is 0 Å². The summed E-state index contributed by atoms with van der Waals surface area (Å²) in [6, 6.07) is 0. The van der Waals surface area contributed by atoms with E-state index in [1.807, 2.05) is 39.8 Å². The fourth-order valence-corrected chi connectivity index (χ4v) is 1.88. The fourth-order valence-electron chi connectivity index (χ4n) is 1.88. The molecule has 0 aromatic heterocycles. The minimum absolute atomic E-state index is 0.541. The molecule has 0 radical (unpaired) electrons. The Balaban J connectivity index is -0.000000506. The average Bonchev–Trinajstić information content (AvgIpc) is 2.40. The van der Waals surface area contributed by atoms with E-state index in [4.69, 9.17) is 0 Å². The Labute approximate surface area is 117 Å². The minimum atomic E-state index is 0.541. The van der Waals surface area contributed by atoms with Crippen molar-refractivity contribution in [1.29, 1.82) is 0 Å². The highest BCUT2D eigenvalue weighted by molar-refractivity contribution is 5.34. The zero-order valence-electron chi connectivity index (χ0n) is 14.1. The topological polar surface area (TPSA) is 0 Å². The summed E-state index contributed by atoms with van der Waals surface area (Å²) in [7, 11) is 0. The first-order chi connectivity index (χ1) is 8.58. The Bertz CT molecular complexity index is 218. The summed E-state index contributed by atoms with van der Waals surface area (Å²) in [5, 5.41) is 0. The van der Waals surface area contributed by atoms with Crippen LogP contribution in [0.5, 0.6) is 0 Å². The third kappa shape index (κ3) is 9.27. The van der Waals surface area contributed by atoms with Crippen molar-refractivity contribution in [3.63, 3.8) is 0 Å². The van der Waals surface area contributed by atoms with Crippen LogP contribution in [0, 0.1) is 11.8 Å². The zero-order chi connectivity index (χ0) is 15.1. The Hall–Kier alpha value is -0.780. The lowest BCUT2D eigenvalue weighted by Gasteiger charge is -2.18. The second-order valence-corrected chi connectivity index (χ2v) is 4.16. The van der Waals surface area contributed by atoms with Crippen LogP contribution in [0.15, 0.2) is 36.5 Å². The van der Waals surface area contributed by atoms with Crippen LogP contribution in [0.1, 0.15) is 68.2 Å². The fraction of sp³-hybridized carbons (Fsp3) is 0.667. The molecule has 0 rings (SSSR count). The van der Waals surface area contributed by atoms with Crippen LogP contribution in [0.25, 0.3) is 0 Å². The molecule has 0 aromatic rings. The lowest BCUT2D eigenvalue weighted by molar-refractivity contribution is 0.599. The first kappa shape index (κ1) is 22.4. The highest BCUT2D eigenvalue weighted by Crippen LogP contribution is 2.25. The Morgan fingerprint density at radius 3 is 1.50 bits per heavy atom. The maximum atomic E-state index is 3.91. The summed E-state index contributed by atoms with van der Waals surface area (Å²) in [6.45, 7) is 24.7. The first-order valence-corrected chi connectivity index (χ1v) is 7.57. The quantitative estimate of drug-likeness (QED) is 0.456. The van der Waals surface area contributed by atoms with E-state index in [2.05, 4.69) is 40.9 Å². The maximum absolute atomic E-state index is 3.91. The summed E-state index contributed by atoms with van der Waals surface area (Å²) in [4.78, 5) is 0. The molecule has 0 saturated carbocycles. The smallest absolute Gasteiger partial charge is 0.0188 e. The molecule has 0 amide bonds. The van der Waals surface area contributed by atoms with Crippen molar-refractivity contribution < 1.29 is 0 Å². The second kappa shape index (κ2) is 16.2. The molecule has 0 spiro atoms. The lowest BCUT2D eigenvalue weighted by atomic mass is 9.87. The van der Waals surface area contributed by atoms with Gasteiger partial charge in [0.15, 0.2) is 0 Å². The van der Waals surface area contributed by atoms with E-state index in [0.717, 1.165) is 0 Å². The molecule has 18 heavy (non-hydrogen) atoms. The van der Waals surface area contributed by atoms with Gasteiger partial charge in [-0.1, -0.05) is 87.1 Å². The van der Waals surface area contributed by atoms with Crippen LogP contribution in [-0.2, 0) is 0 Å². The van der Waals surface area contributed by atoms with Gasteiger partial charge in [-0.15, -0.1) is 0 Å². The van der Waals surface area contributed by atoms with E-state index in [1.54, 1.807) is 0 Å². The predicted molar refractivity (Wildman–Crippen MR) is 89.0 cm³/mol. The van der Waals surface area contributed by atoms with Crippen molar-refractivity contribution in [2.45, 2.75) is 68.2 Å². The van der Waals surface area contributed by atoms with Crippen molar-refractivity contribution in [3.05, 3.63) is 36.5 Å². The summed E-state index contributed by atoms with van der Waals surface area (Å²) >= 11 is 0. The largest absolute Gasteiger partial charge is 0.0988 e. The van der Waals surface area contributed by atoms with Crippen molar-refractivity contribution in [2.75, 3.05) is 0 Å². The summed E-state index contributed by atoms with van der Waals surface area (Å²) in [5.41, 5.74) is 2.72. The number of hydrogen-bond acceptors (Lipinski definition) is 0. The molecule has 0 bridgehead atoms. The van der Waals surface area contributed by atoms with Crippen LogP contribution in [0.4, 0.5) is 0 Å². The zero-order valence-corrected chi connectivity index (χ0v) is 14.1. The standard InChI is InChI=1S/C14H24.2C2H6/c1-7-10-12(6)14(9-3)13(8-2)11(4)5;2*1-2/h8-9,11-12H,2-3,7,10H2,1,4-6H3;2*1-2H3/b14-13-;;. The molecular weight excluding hydrogens is 216 g/mol. The molecular formula is C18H36. The highest BCUT2D eigenvalue weighted by atomic mass is 14.2. The molecule has 0 aliphatic carbocycles. The molecule has 0 aromatic carbocycles. The van der Waals surface area contributed by atoms with E-state index in [0.29, 0.717) is 11.8 Å². The van der Waals surface area contributed by atoms with Crippen LogP contribution in [0.2, 0.25) is 0 Å². The second-order valence-electron chi connectivity index (χ2n) is 4.16. The average molecular weight is 252 g/mol. The molecule has 0 aliphatic rings. The predicted octanol–water partition coefficient (Wildman–Crippen LogP) is 6.80. The lowest BCUT2D eigenvalue weighted by Crippen LogP contribution is -2.04. The van der Waals surface area contributed by atoms with Gasteiger partial charge in [-0.25, -0.2) is 0 Å². The van der Waals surface area contributed by atoms with Crippen molar-refractivity contribution in [1.82, 2.24) is 0 Å². The maximum Gasteiger partial charge on any atom is -0.0188 e. The first-order valence-electron chi connectivity index (χ1n) is 7.57. The number of hydrogen-bond donors (Lipinski definition) is 0. The van der Waals surface area contributed by atoms with Gasteiger partial charge in [0, 0.05) is 0 Å². The van der Waals surface area contributed by atoms with Gasteiger partial charge >= 0.3 is 0 Å². The Morgan fingerprint density at radius 2 is 1.28 bits per heavy atom. The Morgan fingerprint density at radius 1 is 0.889 bits per heavy atom. The van der Waals surface area contributed by atoms with Crippen molar-refractivity contribution >= 4 is 0 Å². The van der Waals surface area contributed by atoms with Gasteiger partial charge in [-0.05, 0) is 29.4 Å². The molecule has 0 aliphatic heterocycles. The van der Waals surface area contributed by atoms with Crippen molar-refractivity contribution in [3.8, 4) is 0 Å². The third-order valence-corrected chi connectivity index (χ3v) is 2.65. The molecule has 0 nitrogen and oxygen atoms in total. The van der Waals surface area contributed by atoms with Gasteiger partial charge in [-0.3, -0.25) is 0 Å². The van der Waals surface area contributed by atoms with Gasteiger partial charge in [0.2, 0.25) is 0 Å². The molecule has 0 fully saturated rings. The summed E-state index contributed by atoms with van der Waals surface area (Å²) in [6.07, 6.45) is 6.43. The van der Waals surface area contributed by atoms with Gasteiger partial charge in [0.1, 0.15) is 0 Å². The van der Waals surface area contributed by atoms with Crippen LogP contribution in [-0.4, -0.2) is 0 Å². The minimum Gasteiger partial charge on any atom is -0.0988 e. The SMILES string of the molecule is C=C/C(=C(\C=C)C(C)CCC)C(C)C.CC.CC. The molecule has 1 unspecified atom stereocenters. The van der Waals surface area contributed by atoms with Crippen molar-refractivity contribution in [2.24, 2.45) is 11.8 Å². The van der Waals surface area contributed by atoms with E-state index in [9.17, 15) is 0 Å². The monoisotopic (exact) mass is 252 g/mol. The molecule has 1 atom stereocenters. The number of allylic oxidation sites excluding steroid dienone is 4. The van der Waals surface area contributed by atoms with E-state index in [1.165, 1.54) is 24.0 Å². The summed E-state index contributed by atoms with van der Waals surface area (Å²) < 4.78 is 0. The van der Waals surface area contributed by atoms with E-state index < -0.39 is 0 Å². The van der Waals surface area contributed by atoms with Crippen LogP contribution >= 0.6 is 0 Å². The number of rotatable bonds is 6. The van der Waals surface area contributed by atoms with E-state index >= 15 is 0 Å². The van der Waals surface area contributed by atoms with Gasteiger partial charge in [-0.2, -0.15) is 0 Å². The highest BCUT2D eigenvalue weighted by Gasteiger charge is 2.11. The summed E-state index contributed by atoms with van der Waals surface area (Å²) in [5.74, 6) is 1.15. The van der Waals surface area contributed by atoms with Crippen LogP contribution < -0.4 is 0 Å². The van der Waals surface area contributed by atoms with Gasteiger partial charge in [0.05, 0.1) is 0 Å². The molecule has 108 valence electrons. The normalized spacial score (nSPS) is 12.3. The molecule has 0 N–H and O–H groups in total. The molecule has 0 saturated heterocycles. The molecule has 0 heteroatoms.